The van der Waals surface area contributed by atoms with Gasteiger partial charge in [0.05, 0.1) is 18.6 Å². The number of ether oxygens (including phenoxy) is 1. The van der Waals surface area contributed by atoms with Gasteiger partial charge in [0.2, 0.25) is 17.7 Å². The molecule has 0 aliphatic carbocycles. The lowest BCUT2D eigenvalue weighted by Gasteiger charge is -2.30. The summed E-state index contributed by atoms with van der Waals surface area (Å²) in [4.78, 5) is 36.6. The summed E-state index contributed by atoms with van der Waals surface area (Å²) < 4.78 is 5.23. The molecule has 1 heterocycles. The molecule has 1 fully saturated rings. The maximum Gasteiger partial charge on any atom is 0.234 e. The predicted molar refractivity (Wildman–Crippen MR) is 120 cm³/mol. The van der Waals surface area contributed by atoms with Crippen LogP contribution in [0.3, 0.4) is 0 Å². The number of rotatable bonds is 9. The minimum absolute atomic E-state index is 0.128. The smallest absolute Gasteiger partial charge is 0.234 e. The van der Waals surface area contributed by atoms with Gasteiger partial charge in [-0.05, 0) is 17.7 Å². The Labute approximate surface area is 185 Å². The fraction of sp³-hybridized carbons (Fsp3) is 0.318. The van der Waals surface area contributed by atoms with Crippen molar-refractivity contribution in [1.82, 2.24) is 16.0 Å². The predicted octanol–water partition coefficient (Wildman–Crippen LogP) is 1.84. The standard InChI is InChI=1S/C22H26N4O4S/c1-30-18-10-6-5-9-17(18)25-21(29)14-31-22-24-16(12-20(28)26-22)11-19(27)23-13-15-7-3-2-4-8-15/h2-10,16,22,24H,11-14H2,1H3,(H,23,27)(H,25,29)(H,26,28). The van der Waals surface area contributed by atoms with Crippen molar-refractivity contribution in [1.29, 1.82) is 0 Å². The average molecular weight is 443 g/mol. The van der Waals surface area contributed by atoms with E-state index in [1.807, 2.05) is 42.5 Å². The lowest BCUT2D eigenvalue weighted by molar-refractivity contribution is -0.125. The Bertz CT molecular complexity index is 909. The van der Waals surface area contributed by atoms with Crippen molar-refractivity contribution in [3.8, 4) is 5.75 Å². The van der Waals surface area contributed by atoms with Crippen LogP contribution in [0.2, 0.25) is 0 Å². The van der Waals surface area contributed by atoms with E-state index in [1.165, 1.54) is 18.9 Å². The minimum Gasteiger partial charge on any atom is -0.495 e. The van der Waals surface area contributed by atoms with E-state index in [1.54, 1.807) is 12.1 Å². The van der Waals surface area contributed by atoms with Crippen LogP contribution in [0.25, 0.3) is 0 Å². The molecule has 31 heavy (non-hydrogen) atoms. The van der Waals surface area contributed by atoms with E-state index in [9.17, 15) is 14.4 Å². The average Bonchev–Trinajstić information content (AvgIpc) is 2.77. The molecule has 0 bridgehead atoms. The molecule has 4 N–H and O–H groups in total. The third-order valence-corrected chi connectivity index (χ3v) is 5.65. The summed E-state index contributed by atoms with van der Waals surface area (Å²) in [5.41, 5.74) is 1.15. The molecule has 1 aliphatic rings. The van der Waals surface area contributed by atoms with Gasteiger partial charge in [-0.15, -0.1) is 11.8 Å². The van der Waals surface area contributed by atoms with Gasteiger partial charge in [-0.25, -0.2) is 0 Å². The first kappa shape index (κ1) is 22.6. The molecule has 3 amide bonds. The minimum atomic E-state index is -0.448. The molecule has 2 atom stereocenters. The van der Waals surface area contributed by atoms with Crippen molar-refractivity contribution in [2.45, 2.75) is 30.9 Å². The van der Waals surface area contributed by atoms with Gasteiger partial charge < -0.3 is 20.7 Å². The maximum absolute atomic E-state index is 12.3. The van der Waals surface area contributed by atoms with Crippen molar-refractivity contribution < 1.29 is 19.1 Å². The summed E-state index contributed by atoms with van der Waals surface area (Å²) in [5, 5.41) is 11.7. The van der Waals surface area contributed by atoms with Crippen LogP contribution < -0.4 is 26.0 Å². The van der Waals surface area contributed by atoms with Gasteiger partial charge in [0, 0.05) is 25.4 Å². The fourth-order valence-electron chi connectivity index (χ4n) is 3.15. The second-order valence-corrected chi connectivity index (χ2v) is 8.13. The van der Waals surface area contributed by atoms with Crippen molar-refractivity contribution in [2.75, 3.05) is 18.2 Å². The summed E-state index contributed by atoms with van der Waals surface area (Å²) in [6.45, 7) is 0.444. The number of carbonyl (C=O) groups is 3. The van der Waals surface area contributed by atoms with Crippen molar-refractivity contribution in [2.24, 2.45) is 0 Å². The zero-order chi connectivity index (χ0) is 22.1. The molecular weight excluding hydrogens is 416 g/mol. The number of anilines is 1. The Kier molecular flexibility index (Phi) is 8.31. The third-order valence-electron chi connectivity index (χ3n) is 4.64. The van der Waals surface area contributed by atoms with Crippen molar-refractivity contribution in [3.63, 3.8) is 0 Å². The summed E-state index contributed by atoms with van der Waals surface area (Å²) >= 11 is 1.26. The van der Waals surface area contributed by atoms with Crippen LogP contribution in [0, 0.1) is 0 Å². The quantitative estimate of drug-likeness (QED) is 0.472. The second-order valence-electron chi connectivity index (χ2n) is 7.04. The highest BCUT2D eigenvalue weighted by Crippen LogP contribution is 2.23. The molecule has 2 aromatic carbocycles. The lowest BCUT2D eigenvalue weighted by Crippen LogP contribution is -2.56. The SMILES string of the molecule is COc1ccccc1NC(=O)CSC1NC(=O)CC(CC(=O)NCc2ccccc2)N1. The molecule has 0 spiro atoms. The van der Waals surface area contributed by atoms with Gasteiger partial charge in [0.1, 0.15) is 11.2 Å². The first-order chi connectivity index (χ1) is 15.0. The summed E-state index contributed by atoms with van der Waals surface area (Å²) in [6, 6.07) is 16.5. The summed E-state index contributed by atoms with van der Waals surface area (Å²) in [6.07, 6.45) is 0.397. The lowest BCUT2D eigenvalue weighted by atomic mass is 10.1. The van der Waals surface area contributed by atoms with Crippen LogP contribution in [0.5, 0.6) is 5.75 Å². The zero-order valence-corrected chi connectivity index (χ0v) is 18.0. The van der Waals surface area contributed by atoms with Crippen LogP contribution in [-0.4, -0.2) is 42.1 Å². The van der Waals surface area contributed by atoms with Gasteiger partial charge in [0.25, 0.3) is 0 Å². The number of hydrogen-bond acceptors (Lipinski definition) is 6. The normalized spacial score (nSPS) is 18.0. The largest absolute Gasteiger partial charge is 0.495 e. The Morgan fingerprint density at radius 1 is 1.10 bits per heavy atom. The third kappa shape index (κ3) is 7.30. The zero-order valence-electron chi connectivity index (χ0n) is 17.2. The molecular formula is C22H26N4O4S. The molecule has 2 aromatic rings. The van der Waals surface area contributed by atoms with Crippen LogP contribution in [0.1, 0.15) is 18.4 Å². The van der Waals surface area contributed by atoms with Crippen LogP contribution in [-0.2, 0) is 20.9 Å². The Hall–Kier alpha value is -3.04. The molecule has 9 heteroatoms. The first-order valence-electron chi connectivity index (χ1n) is 9.94. The van der Waals surface area contributed by atoms with Gasteiger partial charge in [0.15, 0.2) is 0 Å². The number of amides is 3. The Morgan fingerprint density at radius 2 is 1.84 bits per heavy atom. The maximum atomic E-state index is 12.3. The molecule has 1 aliphatic heterocycles. The van der Waals surface area contributed by atoms with Gasteiger partial charge in [-0.2, -0.15) is 0 Å². The van der Waals surface area contributed by atoms with E-state index >= 15 is 0 Å². The number of thioether (sulfide) groups is 1. The van der Waals surface area contributed by atoms with Crippen molar-refractivity contribution >= 4 is 35.2 Å². The molecule has 0 radical (unpaired) electrons. The molecule has 1 saturated heterocycles. The molecule has 164 valence electrons. The van der Waals surface area contributed by atoms with E-state index in [4.69, 9.17) is 4.74 Å². The van der Waals surface area contributed by atoms with E-state index in [0.29, 0.717) is 18.0 Å². The highest BCUT2D eigenvalue weighted by molar-refractivity contribution is 8.00. The number of hydrogen-bond donors (Lipinski definition) is 4. The highest BCUT2D eigenvalue weighted by Gasteiger charge is 2.28. The molecule has 8 nitrogen and oxygen atoms in total. The number of benzene rings is 2. The van der Waals surface area contributed by atoms with Gasteiger partial charge in [-0.1, -0.05) is 42.5 Å². The number of nitrogens with one attached hydrogen (secondary N) is 4. The number of carbonyl (C=O) groups excluding carboxylic acids is 3. The van der Waals surface area contributed by atoms with E-state index < -0.39 is 5.50 Å². The molecule has 2 unspecified atom stereocenters. The Morgan fingerprint density at radius 3 is 2.61 bits per heavy atom. The molecule has 0 aromatic heterocycles. The highest BCUT2D eigenvalue weighted by atomic mass is 32.2. The van der Waals surface area contributed by atoms with E-state index in [-0.39, 0.29) is 42.4 Å². The fourth-order valence-corrected chi connectivity index (χ4v) is 4.04. The molecule has 0 saturated carbocycles. The van der Waals surface area contributed by atoms with E-state index in [0.717, 1.165) is 5.56 Å². The number of methoxy groups -OCH3 is 1. The topological polar surface area (TPSA) is 109 Å². The number of para-hydroxylation sites is 2. The van der Waals surface area contributed by atoms with Gasteiger partial charge >= 0.3 is 0 Å². The summed E-state index contributed by atoms with van der Waals surface area (Å²) in [7, 11) is 1.54. The van der Waals surface area contributed by atoms with Gasteiger partial charge in [-0.3, -0.25) is 19.7 Å². The van der Waals surface area contributed by atoms with Crippen LogP contribution in [0.4, 0.5) is 5.69 Å². The molecule has 3 rings (SSSR count). The second kappa shape index (κ2) is 11.4. The van der Waals surface area contributed by atoms with E-state index in [2.05, 4.69) is 21.3 Å². The monoisotopic (exact) mass is 442 g/mol. The van der Waals surface area contributed by atoms with Crippen LogP contribution >= 0.6 is 11.8 Å². The Balaban J connectivity index is 1.44. The first-order valence-corrected chi connectivity index (χ1v) is 11.0. The summed E-state index contributed by atoms with van der Waals surface area (Å²) in [5.74, 6) is 0.207. The van der Waals surface area contributed by atoms with Crippen LogP contribution in [0.15, 0.2) is 54.6 Å². The van der Waals surface area contributed by atoms with Crippen molar-refractivity contribution in [3.05, 3.63) is 60.2 Å².